The van der Waals surface area contributed by atoms with E-state index >= 15 is 0 Å². The molecule has 1 aromatic heterocycles. The maximum Gasteiger partial charge on any atom is 0.359 e. The van der Waals surface area contributed by atoms with E-state index in [2.05, 4.69) is 5.10 Å². The van der Waals surface area contributed by atoms with Crippen molar-refractivity contribution in [3.8, 4) is 5.69 Å². The Morgan fingerprint density at radius 1 is 1.38 bits per heavy atom. The Kier molecular flexibility index (Phi) is 7.41. The van der Waals surface area contributed by atoms with Gasteiger partial charge in [-0.05, 0) is 25.1 Å². The molecular weight excluding hydrogens is 334 g/mol. The predicted molar refractivity (Wildman–Crippen MR) is 90.7 cm³/mol. The van der Waals surface area contributed by atoms with E-state index in [4.69, 9.17) is 22.1 Å². The van der Waals surface area contributed by atoms with E-state index in [1.807, 2.05) is 13.8 Å². The molecular formula is C16H20ClN3O4. The van der Waals surface area contributed by atoms with Crippen LogP contribution < -0.4 is 5.73 Å². The average molecular weight is 354 g/mol. The number of aromatic carboxylic acids is 1. The van der Waals surface area contributed by atoms with Gasteiger partial charge in [-0.25, -0.2) is 14.3 Å². The molecule has 0 radical (unpaired) electrons. The summed E-state index contributed by atoms with van der Waals surface area (Å²) in [6, 6.07) is 6.46. The van der Waals surface area contributed by atoms with E-state index < -0.39 is 11.9 Å². The number of esters is 1. The third-order valence-electron chi connectivity index (χ3n) is 2.91. The molecule has 0 bridgehead atoms. The van der Waals surface area contributed by atoms with Crippen LogP contribution >= 0.6 is 11.6 Å². The highest BCUT2D eigenvalue weighted by Crippen LogP contribution is 2.22. The average Bonchev–Trinajstić information content (AvgIpc) is 2.97. The molecule has 1 aromatic carbocycles. The smallest absolute Gasteiger partial charge is 0.359 e. The van der Waals surface area contributed by atoms with Gasteiger partial charge in [0.1, 0.15) is 0 Å². The molecule has 8 heteroatoms. The number of ether oxygens (including phenoxy) is 1. The second-order valence-corrected chi connectivity index (χ2v) is 4.73. The minimum atomic E-state index is -1.25. The van der Waals surface area contributed by atoms with Crippen LogP contribution in [-0.2, 0) is 11.3 Å². The first-order chi connectivity index (χ1) is 11.5. The predicted octanol–water partition coefficient (Wildman–Crippen LogP) is 2.89. The minimum Gasteiger partial charge on any atom is -0.476 e. The monoisotopic (exact) mass is 353 g/mol. The van der Waals surface area contributed by atoms with E-state index in [-0.39, 0.29) is 30.1 Å². The molecule has 3 N–H and O–H groups in total. The summed E-state index contributed by atoms with van der Waals surface area (Å²) < 4.78 is 6.02. The molecule has 24 heavy (non-hydrogen) atoms. The maximum absolute atomic E-state index is 11.9. The van der Waals surface area contributed by atoms with Crippen molar-refractivity contribution in [3.63, 3.8) is 0 Å². The summed E-state index contributed by atoms with van der Waals surface area (Å²) in [7, 11) is 0. The standard InChI is InChI=1S/C14H14ClN3O4.C2H6/c1-2-22-14(21)11-10(7-16)12(13(19)20)18(17-11)9-5-3-4-8(15)6-9;1-2/h3-6H,2,7,16H2,1H3,(H,19,20);1-2H3. The number of benzene rings is 1. The van der Waals surface area contributed by atoms with Crippen molar-refractivity contribution in [2.45, 2.75) is 27.3 Å². The lowest BCUT2D eigenvalue weighted by Gasteiger charge is -2.05. The molecule has 0 fully saturated rings. The molecule has 0 saturated heterocycles. The first kappa shape index (κ1) is 19.7. The first-order valence-corrected chi connectivity index (χ1v) is 7.85. The third kappa shape index (κ3) is 4.12. The number of aromatic nitrogens is 2. The van der Waals surface area contributed by atoms with Crippen molar-refractivity contribution in [1.82, 2.24) is 9.78 Å². The second-order valence-electron chi connectivity index (χ2n) is 4.30. The van der Waals surface area contributed by atoms with Crippen molar-refractivity contribution in [1.29, 1.82) is 0 Å². The fraction of sp³-hybridized carbons (Fsp3) is 0.312. The van der Waals surface area contributed by atoms with Crippen LogP contribution in [0.15, 0.2) is 24.3 Å². The fourth-order valence-electron chi connectivity index (χ4n) is 2.02. The zero-order valence-corrected chi connectivity index (χ0v) is 14.5. The number of carbonyl (C=O) groups excluding carboxylic acids is 1. The Morgan fingerprint density at radius 2 is 2.04 bits per heavy atom. The highest BCUT2D eigenvalue weighted by atomic mass is 35.5. The van der Waals surface area contributed by atoms with Gasteiger partial charge in [0.05, 0.1) is 12.3 Å². The zero-order valence-electron chi connectivity index (χ0n) is 13.7. The third-order valence-corrected chi connectivity index (χ3v) is 3.15. The Hall–Kier alpha value is -2.38. The Bertz CT molecular complexity index is 728. The van der Waals surface area contributed by atoms with E-state index in [0.717, 1.165) is 4.68 Å². The van der Waals surface area contributed by atoms with Crippen LogP contribution in [0.3, 0.4) is 0 Å². The van der Waals surface area contributed by atoms with E-state index in [1.165, 1.54) is 6.07 Å². The molecule has 0 aliphatic carbocycles. The molecule has 2 rings (SSSR count). The van der Waals surface area contributed by atoms with Crippen molar-refractivity contribution in [2.24, 2.45) is 5.73 Å². The minimum absolute atomic E-state index is 0.110. The molecule has 0 spiro atoms. The molecule has 130 valence electrons. The van der Waals surface area contributed by atoms with E-state index in [0.29, 0.717) is 10.7 Å². The summed E-state index contributed by atoms with van der Waals surface area (Å²) in [5.74, 6) is -1.96. The normalized spacial score (nSPS) is 9.88. The Balaban J connectivity index is 0.00000139. The number of carbonyl (C=O) groups is 2. The van der Waals surface area contributed by atoms with Gasteiger partial charge in [-0.2, -0.15) is 5.10 Å². The summed E-state index contributed by atoms with van der Waals surface area (Å²) in [5.41, 5.74) is 5.83. The summed E-state index contributed by atoms with van der Waals surface area (Å²) in [6.07, 6.45) is 0. The van der Waals surface area contributed by atoms with Crippen molar-refractivity contribution >= 4 is 23.5 Å². The molecule has 0 atom stereocenters. The van der Waals surface area contributed by atoms with Crippen LogP contribution in [0.2, 0.25) is 5.02 Å². The number of carboxylic acids is 1. The number of hydrogen-bond acceptors (Lipinski definition) is 5. The SMILES string of the molecule is CC.CCOC(=O)c1nn(-c2cccc(Cl)c2)c(C(=O)O)c1CN. The van der Waals surface area contributed by atoms with Crippen LogP contribution in [0, 0.1) is 0 Å². The number of carboxylic acid groups (broad SMARTS) is 1. The number of rotatable bonds is 5. The lowest BCUT2D eigenvalue weighted by Crippen LogP contribution is -2.13. The summed E-state index contributed by atoms with van der Waals surface area (Å²) in [4.78, 5) is 23.5. The van der Waals surface area contributed by atoms with Gasteiger partial charge in [-0.3, -0.25) is 0 Å². The number of halogens is 1. The van der Waals surface area contributed by atoms with Gasteiger partial charge in [0, 0.05) is 17.1 Å². The van der Waals surface area contributed by atoms with Gasteiger partial charge in [0.15, 0.2) is 11.4 Å². The molecule has 0 unspecified atom stereocenters. The molecule has 0 aliphatic heterocycles. The molecule has 7 nitrogen and oxygen atoms in total. The fourth-order valence-corrected chi connectivity index (χ4v) is 2.21. The molecule has 0 amide bonds. The Labute approximate surface area is 145 Å². The highest BCUT2D eigenvalue weighted by molar-refractivity contribution is 6.30. The van der Waals surface area contributed by atoms with Gasteiger partial charge < -0.3 is 15.6 Å². The number of nitrogens with zero attached hydrogens (tertiary/aromatic N) is 2. The lowest BCUT2D eigenvalue weighted by molar-refractivity contribution is 0.0517. The van der Waals surface area contributed by atoms with Gasteiger partial charge in [0.25, 0.3) is 0 Å². The summed E-state index contributed by atoms with van der Waals surface area (Å²) in [5, 5.41) is 13.9. The molecule has 0 saturated carbocycles. The van der Waals surface area contributed by atoms with Crippen molar-refractivity contribution in [3.05, 3.63) is 46.2 Å². The summed E-state index contributed by atoms with van der Waals surface area (Å²) in [6.45, 7) is 5.64. The largest absolute Gasteiger partial charge is 0.476 e. The first-order valence-electron chi connectivity index (χ1n) is 7.47. The maximum atomic E-state index is 11.9. The van der Waals surface area contributed by atoms with Crippen LogP contribution in [0.5, 0.6) is 0 Å². The van der Waals surface area contributed by atoms with E-state index in [1.54, 1.807) is 25.1 Å². The zero-order chi connectivity index (χ0) is 18.3. The number of nitrogens with two attached hydrogens (primary N) is 1. The second kappa shape index (κ2) is 9.05. The number of hydrogen-bond donors (Lipinski definition) is 2. The van der Waals surface area contributed by atoms with Crippen LogP contribution in [0.25, 0.3) is 5.69 Å². The molecule has 0 aliphatic rings. The summed E-state index contributed by atoms with van der Waals surface area (Å²) >= 11 is 5.91. The van der Waals surface area contributed by atoms with Crippen LogP contribution in [-0.4, -0.2) is 33.4 Å². The van der Waals surface area contributed by atoms with Gasteiger partial charge in [-0.15, -0.1) is 0 Å². The Morgan fingerprint density at radius 3 is 2.54 bits per heavy atom. The highest BCUT2D eigenvalue weighted by Gasteiger charge is 2.27. The topological polar surface area (TPSA) is 107 Å². The molecule has 1 heterocycles. The van der Waals surface area contributed by atoms with Gasteiger partial charge in [0.2, 0.25) is 0 Å². The van der Waals surface area contributed by atoms with Gasteiger partial charge >= 0.3 is 11.9 Å². The van der Waals surface area contributed by atoms with Crippen molar-refractivity contribution < 1.29 is 19.4 Å². The quantitative estimate of drug-likeness (QED) is 0.800. The van der Waals surface area contributed by atoms with Crippen LogP contribution in [0.4, 0.5) is 0 Å². The van der Waals surface area contributed by atoms with E-state index in [9.17, 15) is 14.7 Å². The lowest BCUT2D eigenvalue weighted by atomic mass is 10.1. The molecule has 2 aromatic rings. The van der Waals surface area contributed by atoms with Crippen molar-refractivity contribution in [2.75, 3.05) is 6.61 Å². The van der Waals surface area contributed by atoms with Crippen LogP contribution in [0.1, 0.15) is 47.3 Å². The van der Waals surface area contributed by atoms with Gasteiger partial charge in [-0.1, -0.05) is 31.5 Å².